The van der Waals surface area contributed by atoms with Gasteiger partial charge in [-0.3, -0.25) is 4.79 Å². The van der Waals surface area contributed by atoms with Gasteiger partial charge < -0.3 is 15.7 Å². The highest BCUT2D eigenvalue weighted by Gasteiger charge is 2.46. The molecule has 4 heteroatoms. The van der Waals surface area contributed by atoms with Crippen LogP contribution in [0.2, 0.25) is 0 Å². The van der Waals surface area contributed by atoms with Gasteiger partial charge in [0, 0.05) is 13.1 Å². The van der Waals surface area contributed by atoms with Crippen molar-refractivity contribution in [3.63, 3.8) is 0 Å². The number of carbonyl (C=O) groups is 1. The van der Waals surface area contributed by atoms with E-state index in [1.165, 1.54) is 0 Å². The maximum Gasteiger partial charge on any atom is 0.230 e. The van der Waals surface area contributed by atoms with Gasteiger partial charge >= 0.3 is 0 Å². The van der Waals surface area contributed by atoms with Crippen molar-refractivity contribution in [3.05, 3.63) is 0 Å². The highest BCUT2D eigenvalue weighted by atomic mass is 16.3. The van der Waals surface area contributed by atoms with Crippen molar-refractivity contribution >= 4 is 5.91 Å². The Morgan fingerprint density at radius 1 is 1.62 bits per heavy atom. The maximum atomic E-state index is 12.4. The molecular formula is C12H24N2O2. The van der Waals surface area contributed by atoms with Crippen LogP contribution < -0.4 is 5.73 Å². The van der Waals surface area contributed by atoms with Gasteiger partial charge in [-0.05, 0) is 33.6 Å². The van der Waals surface area contributed by atoms with E-state index in [2.05, 4.69) is 0 Å². The molecule has 2 atom stereocenters. The summed E-state index contributed by atoms with van der Waals surface area (Å²) in [6.45, 7) is 5.61. The van der Waals surface area contributed by atoms with Gasteiger partial charge in [-0.25, -0.2) is 0 Å². The Morgan fingerprint density at radius 2 is 2.19 bits per heavy atom. The second kappa shape index (κ2) is 4.34. The lowest BCUT2D eigenvalue weighted by atomic mass is 9.82. The van der Waals surface area contributed by atoms with Crippen LogP contribution in [0.25, 0.3) is 0 Å². The third-order valence-corrected chi connectivity index (χ3v) is 4.12. The molecule has 1 aliphatic rings. The van der Waals surface area contributed by atoms with Crippen molar-refractivity contribution in [2.45, 2.75) is 51.6 Å². The summed E-state index contributed by atoms with van der Waals surface area (Å²) in [6, 6.07) is -0.0584. The Labute approximate surface area is 97.8 Å². The van der Waals surface area contributed by atoms with Crippen LogP contribution in [-0.2, 0) is 4.79 Å². The molecule has 1 amide bonds. The standard InChI is InChI=1S/C12H24N2O2/c1-11(2,8-15)14(4)10(16)12(3)7-5-6-9(12)13/h9,15H,5-8,13H2,1-4H3. The van der Waals surface area contributed by atoms with Gasteiger partial charge in [0.05, 0.1) is 17.6 Å². The first-order valence-corrected chi connectivity index (χ1v) is 5.90. The van der Waals surface area contributed by atoms with E-state index < -0.39 is 11.0 Å². The zero-order valence-electron chi connectivity index (χ0n) is 10.8. The van der Waals surface area contributed by atoms with E-state index in [0.29, 0.717) is 0 Å². The molecule has 0 spiro atoms. The molecular weight excluding hydrogens is 204 g/mol. The summed E-state index contributed by atoms with van der Waals surface area (Å²) in [7, 11) is 1.74. The third-order valence-electron chi connectivity index (χ3n) is 4.12. The molecule has 0 aromatic carbocycles. The molecule has 0 aromatic rings. The second-order valence-corrected chi connectivity index (χ2v) is 5.75. The first-order valence-electron chi connectivity index (χ1n) is 5.90. The number of carbonyl (C=O) groups excluding carboxylic acids is 1. The zero-order valence-corrected chi connectivity index (χ0v) is 10.8. The Bertz CT molecular complexity index is 278. The van der Waals surface area contributed by atoms with E-state index in [-0.39, 0.29) is 18.6 Å². The summed E-state index contributed by atoms with van der Waals surface area (Å²) in [5, 5.41) is 9.28. The molecule has 0 heterocycles. The molecule has 0 bridgehead atoms. The minimum atomic E-state index is -0.525. The Balaban J connectivity index is 2.86. The average molecular weight is 228 g/mol. The van der Waals surface area contributed by atoms with Gasteiger partial charge in [-0.15, -0.1) is 0 Å². The number of aliphatic hydroxyl groups is 1. The average Bonchev–Trinajstić information content (AvgIpc) is 2.58. The molecule has 1 aliphatic carbocycles. The first kappa shape index (κ1) is 13.5. The number of rotatable bonds is 3. The van der Waals surface area contributed by atoms with Gasteiger partial charge in [0.2, 0.25) is 5.91 Å². The van der Waals surface area contributed by atoms with Crippen molar-refractivity contribution < 1.29 is 9.90 Å². The molecule has 0 aromatic heterocycles. The molecule has 2 unspecified atom stereocenters. The molecule has 4 nitrogen and oxygen atoms in total. The quantitative estimate of drug-likeness (QED) is 0.748. The van der Waals surface area contributed by atoms with Gasteiger partial charge in [0.1, 0.15) is 0 Å². The lowest BCUT2D eigenvalue weighted by molar-refractivity contribution is -0.146. The largest absolute Gasteiger partial charge is 0.394 e. The van der Waals surface area contributed by atoms with Gasteiger partial charge in [-0.2, -0.15) is 0 Å². The van der Waals surface area contributed by atoms with Gasteiger partial charge in [-0.1, -0.05) is 6.42 Å². The summed E-state index contributed by atoms with van der Waals surface area (Å²) in [5.74, 6) is 0.0524. The molecule has 0 saturated heterocycles. The molecule has 1 saturated carbocycles. The molecule has 94 valence electrons. The van der Waals surface area contributed by atoms with Crippen molar-refractivity contribution in [1.82, 2.24) is 4.90 Å². The minimum absolute atomic E-state index is 0.0411. The van der Waals surface area contributed by atoms with E-state index in [4.69, 9.17) is 5.73 Å². The highest BCUT2D eigenvalue weighted by molar-refractivity contribution is 5.84. The maximum absolute atomic E-state index is 12.4. The van der Waals surface area contributed by atoms with Crippen molar-refractivity contribution in [3.8, 4) is 0 Å². The number of aliphatic hydroxyl groups excluding tert-OH is 1. The molecule has 1 fully saturated rings. The number of likely N-dealkylation sites (N-methyl/N-ethyl adjacent to an activating group) is 1. The predicted molar refractivity (Wildman–Crippen MR) is 63.9 cm³/mol. The van der Waals surface area contributed by atoms with E-state index >= 15 is 0 Å². The van der Waals surface area contributed by atoms with Crippen LogP contribution in [0, 0.1) is 5.41 Å². The number of nitrogens with two attached hydrogens (primary N) is 1. The van der Waals surface area contributed by atoms with Crippen LogP contribution >= 0.6 is 0 Å². The normalized spacial score (nSPS) is 30.5. The van der Waals surface area contributed by atoms with Gasteiger partial charge in [0.25, 0.3) is 0 Å². The highest BCUT2D eigenvalue weighted by Crippen LogP contribution is 2.39. The van der Waals surface area contributed by atoms with Crippen LogP contribution in [0.1, 0.15) is 40.0 Å². The summed E-state index contributed by atoms with van der Waals surface area (Å²) in [6.07, 6.45) is 2.77. The van der Waals surface area contributed by atoms with E-state index in [1.54, 1.807) is 11.9 Å². The number of hydrogen-bond acceptors (Lipinski definition) is 3. The Morgan fingerprint density at radius 3 is 2.56 bits per heavy atom. The fourth-order valence-electron chi connectivity index (χ4n) is 2.22. The van der Waals surface area contributed by atoms with Crippen LogP contribution in [0.5, 0.6) is 0 Å². The van der Waals surface area contributed by atoms with Gasteiger partial charge in [0.15, 0.2) is 0 Å². The predicted octanol–water partition coefficient (Wildman–Crippen LogP) is 0.733. The van der Waals surface area contributed by atoms with Crippen LogP contribution in [-0.4, -0.2) is 41.1 Å². The summed E-state index contributed by atoms with van der Waals surface area (Å²) >= 11 is 0. The number of nitrogens with zero attached hydrogens (tertiary/aromatic N) is 1. The SMILES string of the molecule is CN(C(=O)C1(C)CCCC1N)C(C)(C)CO. The van der Waals surface area contributed by atoms with E-state index in [1.807, 2.05) is 20.8 Å². The zero-order chi connectivity index (χ0) is 12.6. The molecule has 0 aliphatic heterocycles. The monoisotopic (exact) mass is 228 g/mol. The first-order chi connectivity index (χ1) is 7.25. The van der Waals surface area contributed by atoms with Crippen LogP contribution in [0.3, 0.4) is 0 Å². The van der Waals surface area contributed by atoms with Crippen molar-refractivity contribution in [2.75, 3.05) is 13.7 Å². The minimum Gasteiger partial charge on any atom is -0.394 e. The molecule has 3 N–H and O–H groups in total. The summed E-state index contributed by atoms with van der Waals surface area (Å²) in [5.41, 5.74) is 5.04. The Kier molecular flexibility index (Phi) is 3.65. The smallest absolute Gasteiger partial charge is 0.230 e. The summed E-state index contributed by atoms with van der Waals surface area (Å²) in [4.78, 5) is 14.1. The third kappa shape index (κ3) is 2.09. The fraction of sp³-hybridized carbons (Fsp3) is 0.917. The fourth-order valence-corrected chi connectivity index (χ4v) is 2.22. The summed E-state index contributed by atoms with van der Waals surface area (Å²) < 4.78 is 0. The number of amides is 1. The second-order valence-electron chi connectivity index (χ2n) is 5.75. The van der Waals surface area contributed by atoms with Crippen molar-refractivity contribution in [2.24, 2.45) is 11.1 Å². The lowest BCUT2D eigenvalue weighted by Gasteiger charge is -2.40. The molecule has 16 heavy (non-hydrogen) atoms. The number of hydrogen-bond donors (Lipinski definition) is 2. The van der Waals surface area contributed by atoms with Crippen LogP contribution in [0.15, 0.2) is 0 Å². The van der Waals surface area contributed by atoms with E-state index in [9.17, 15) is 9.90 Å². The lowest BCUT2D eigenvalue weighted by Crippen LogP contribution is -2.55. The van der Waals surface area contributed by atoms with Crippen molar-refractivity contribution in [1.29, 1.82) is 0 Å². The topological polar surface area (TPSA) is 66.6 Å². The van der Waals surface area contributed by atoms with E-state index in [0.717, 1.165) is 19.3 Å². The molecule has 1 rings (SSSR count). The Hall–Kier alpha value is -0.610. The van der Waals surface area contributed by atoms with Crippen LogP contribution in [0.4, 0.5) is 0 Å². The molecule has 0 radical (unpaired) electrons.